The van der Waals surface area contributed by atoms with Gasteiger partial charge in [0.15, 0.2) is 5.72 Å². The van der Waals surface area contributed by atoms with Gasteiger partial charge in [-0.15, -0.1) is 0 Å². The summed E-state index contributed by atoms with van der Waals surface area (Å²) in [6.07, 6.45) is 3.89. The fourth-order valence-electron chi connectivity index (χ4n) is 6.07. The third kappa shape index (κ3) is 6.83. The van der Waals surface area contributed by atoms with Gasteiger partial charge in [0.25, 0.3) is 11.8 Å². The molecule has 2 amide bonds. The third-order valence-electron chi connectivity index (χ3n) is 8.74. The predicted molar refractivity (Wildman–Crippen MR) is 164 cm³/mol. The Morgan fingerprint density at radius 2 is 1.98 bits per heavy atom. The zero-order chi connectivity index (χ0) is 32.4. The van der Waals surface area contributed by atoms with Crippen molar-refractivity contribution in [2.75, 3.05) is 46.4 Å². The second-order valence-corrected chi connectivity index (χ2v) is 11.9. The van der Waals surface area contributed by atoms with Crippen molar-refractivity contribution in [1.29, 1.82) is 0 Å². The molecule has 2 aromatic rings. The van der Waals surface area contributed by atoms with Gasteiger partial charge in [-0.1, -0.05) is 24.6 Å². The van der Waals surface area contributed by atoms with Gasteiger partial charge in [-0.05, 0) is 69.8 Å². The van der Waals surface area contributed by atoms with E-state index in [-0.39, 0.29) is 36.1 Å². The monoisotopic (exact) mass is 646 g/mol. The van der Waals surface area contributed by atoms with E-state index in [0.29, 0.717) is 37.5 Å². The number of hydrogen-bond donors (Lipinski definition) is 2. The second kappa shape index (κ2) is 13.4. The number of allylic oxidation sites excluding steroid dienone is 1. The Hall–Kier alpha value is -3.61. The van der Waals surface area contributed by atoms with E-state index in [1.807, 2.05) is 44.0 Å². The summed E-state index contributed by atoms with van der Waals surface area (Å²) in [6, 6.07) is 6.85. The highest BCUT2D eigenvalue weighted by Crippen LogP contribution is 2.36. The molecule has 0 saturated carbocycles. The number of ether oxygens (including phenoxy) is 1. The zero-order valence-corrected chi connectivity index (χ0v) is 26.3. The predicted octanol–water partition coefficient (Wildman–Crippen LogP) is 4.37. The van der Waals surface area contributed by atoms with Gasteiger partial charge in [0.2, 0.25) is 0 Å². The lowest BCUT2D eigenvalue weighted by Gasteiger charge is -2.46. The van der Waals surface area contributed by atoms with Crippen molar-refractivity contribution in [3.8, 4) is 0 Å². The van der Waals surface area contributed by atoms with E-state index in [1.54, 1.807) is 18.5 Å². The molecule has 1 unspecified atom stereocenters. The Bertz CT molecular complexity index is 1470. The van der Waals surface area contributed by atoms with Crippen molar-refractivity contribution in [3.63, 3.8) is 0 Å². The molecule has 4 heterocycles. The second-order valence-electron chi connectivity index (χ2n) is 11.5. The van der Waals surface area contributed by atoms with Crippen molar-refractivity contribution in [3.05, 3.63) is 88.0 Å². The average Bonchev–Trinajstić information content (AvgIpc) is 3.03. The number of carbonyl (C=O) groups excluding carboxylic acids is 2. The molecule has 2 fully saturated rings. The summed E-state index contributed by atoms with van der Waals surface area (Å²) in [5.41, 5.74) is -0.989. The number of pyridine rings is 1. The van der Waals surface area contributed by atoms with E-state index < -0.39 is 28.9 Å². The summed E-state index contributed by atoms with van der Waals surface area (Å²) >= 11 is 5.84. The number of dihydropyridines is 1. The largest absolute Gasteiger partial charge is 0.417 e. The van der Waals surface area contributed by atoms with Gasteiger partial charge in [0.05, 0.1) is 16.8 Å². The highest BCUT2D eigenvalue weighted by molar-refractivity contribution is 6.30. The number of nitrogens with one attached hydrogen (secondary N) is 2. The number of amides is 2. The maximum atomic E-state index is 13.9. The van der Waals surface area contributed by atoms with Gasteiger partial charge >= 0.3 is 6.18 Å². The summed E-state index contributed by atoms with van der Waals surface area (Å²) in [6.45, 7) is 6.26. The number of nitrogens with zero attached hydrogens (tertiary/aromatic N) is 4. The topological polar surface area (TPSA) is 90.0 Å². The first-order valence-corrected chi connectivity index (χ1v) is 15.5. The Labute approximate surface area is 266 Å². The van der Waals surface area contributed by atoms with Gasteiger partial charge in [-0.3, -0.25) is 14.6 Å². The molecule has 13 heteroatoms. The number of halogens is 4. The zero-order valence-electron chi connectivity index (χ0n) is 25.5. The Morgan fingerprint density at radius 1 is 1.18 bits per heavy atom. The standard InChI is InChI=1S/C32H38ClF3N6O3/c1-4-23-20-41(30(44)25-9-8-22(33)17-26(25)32(34,35)36)15-16-42(23)27-10-12-31(45-5-2,21-7-6-13-37-18-21)39-28(27)29(43)38-19-24-11-14-40(24)3/h6-10,12-13,17-18,23-24,39H,4-5,11,14-16,19-20H2,1-3H3,(H,38,43)/t23-,24-,31?/m1/s1. The molecular weight excluding hydrogens is 609 g/mol. The Morgan fingerprint density at radius 3 is 2.60 bits per heavy atom. The molecule has 5 rings (SSSR count). The highest BCUT2D eigenvalue weighted by Gasteiger charge is 2.41. The number of alkyl halides is 3. The maximum absolute atomic E-state index is 13.9. The van der Waals surface area contributed by atoms with Crippen molar-refractivity contribution >= 4 is 23.4 Å². The van der Waals surface area contributed by atoms with E-state index >= 15 is 0 Å². The molecule has 2 saturated heterocycles. The molecule has 3 atom stereocenters. The Kier molecular flexibility index (Phi) is 9.76. The quantitative estimate of drug-likeness (QED) is 0.418. The molecule has 1 aromatic heterocycles. The van der Waals surface area contributed by atoms with Crippen LogP contribution in [0.3, 0.4) is 0 Å². The molecule has 0 bridgehead atoms. The molecule has 45 heavy (non-hydrogen) atoms. The number of carbonyl (C=O) groups is 2. The van der Waals surface area contributed by atoms with Crippen LogP contribution < -0.4 is 10.6 Å². The number of piperazine rings is 1. The van der Waals surface area contributed by atoms with Crippen LogP contribution in [0.4, 0.5) is 13.2 Å². The van der Waals surface area contributed by atoms with E-state index in [2.05, 4.69) is 20.5 Å². The van der Waals surface area contributed by atoms with Gasteiger partial charge in [-0.25, -0.2) is 0 Å². The van der Waals surface area contributed by atoms with Crippen molar-refractivity contribution < 1.29 is 27.5 Å². The minimum atomic E-state index is -4.73. The number of benzene rings is 1. The third-order valence-corrected chi connectivity index (χ3v) is 8.97. The smallest absolute Gasteiger partial charge is 0.363 e. The summed E-state index contributed by atoms with van der Waals surface area (Å²) < 4.78 is 47.6. The van der Waals surface area contributed by atoms with Crippen molar-refractivity contribution in [2.24, 2.45) is 0 Å². The first-order chi connectivity index (χ1) is 21.5. The SMILES string of the molecule is CCOC1(c2cccnc2)C=CC(N2CCN(C(=O)c3ccc(Cl)cc3C(F)(F)F)C[C@H]2CC)=C(C(=O)NC[C@H]2CCN2C)N1. The molecule has 242 valence electrons. The summed E-state index contributed by atoms with van der Waals surface area (Å²) in [4.78, 5) is 37.2. The van der Waals surface area contributed by atoms with E-state index in [9.17, 15) is 22.8 Å². The summed E-state index contributed by atoms with van der Waals surface area (Å²) in [5.74, 6) is -1.01. The van der Waals surface area contributed by atoms with E-state index in [4.69, 9.17) is 16.3 Å². The lowest BCUT2D eigenvalue weighted by molar-refractivity contribution is -0.138. The van der Waals surface area contributed by atoms with Crippen LogP contribution in [0.5, 0.6) is 0 Å². The van der Waals surface area contributed by atoms with Crippen LogP contribution in [0, 0.1) is 0 Å². The maximum Gasteiger partial charge on any atom is 0.417 e. The summed E-state index contributed by atoms with van der Waals surface area (Å²) in [7, 11) is 2.02. The minimum Gasteiger partial charge on any atom is -0.363 e. The average molecular weight is 647 g/mol. The van der Waals surface area contributed by atoms with Crippen LogP contribution in [0.25, 0.3) is 0 Å². The highest BCUT2D eigenvalue weighted by atomic mass is 35.5. The first-order valence-electron chi connectivity index (χ1n) is 15.1. The number of rotatable bonds is 9. The van der Waals surface area contributed by atoms with Crippen LogP contribution in [0.2, 0.25) is 5.02 Å². The molecule has 3 aliphatic rings. The lowest BCUT2D eigenvalue weighted by atomic mass is 9.97. The van der Waals surface area contributed by atoms with E-state index in [0.717, 1.165) is 30.7 Å². The molecule has 9 nitrogen and oxygen atoms in total. The fraction of sp³-hybridized carbons (Fsp3) is 0.469. The molecule has 1 aromatic carbocycles. The molecule has 3 aliphatic heterocycles. The lowest BCUT2D eigenvalue weighted by Crippen LogP contribution is -2.57. The number of hydrogen-bond acceptors (Lipinski definition) is 7. The number of aromatic nitrogens is 1. The van der Waals surface area contributed by atoms with Gasteiger partial charge in [0, 0.05) is 67.8 Å². The van der Waals surface area contributed by atoms with Crippen molar-refractivity contribution in [1.82, 2.24) is 30.3 Å². The summed E-state index contributed by atoms with van der Waals surface area (Å²) in [5, 5.41) is 6.36. The fourth-order valence-corrected chi connectivity index (χ4v) is 6.24. The van der Waals surface area contributed by atoms with Gasteiger partial charge in [0.1, 0.15) is 5.70 Å². The van der Waals surface area contributed by atoms with Crippen LogP contribution in [0.15, 0.2) is 66.3 Å². The van der Waals surface area contributed by atoms with Gasteiger partial charge < -0.3 is 30.1 Å². The minimum absolute atomic E-state index is 0.0946. The van der Waals surface area contributed by atoms with Crippen LogP contribution in [-0.4, -0.2) is 90.0 Å². The molecular formula is C32H38ClF3N6O3. The normalized spacial score (nSPS) is 23.9. The number of likely N-dealkylation sites (tertiary alicyclic amines) is 1. The molecule has 0 radical (unpaired) electrons. The molecule has 2 N–H and O–H groups in total. The number of likely N-dealkylation sites (N-methyl/N-ethyl adjacent to an activating group) is 1. The van der Waals surface area contributed by atoms with E-state index in [1.165, 1.54) is 11.0 Å². The van der Waals surface area contributed by atoms with Gasteiger partial charge in [-0.2, -0.15) is 13.2 Å². The molecule has 0 spiro atoms. The van der Waals surface area contributed by atoms with Crippen molar-refractivity contribution in [2.45, 2.75) is 50.7 Å². The van der Waals surface area contributed by atoms with Crippen LogP contribution in [-0.2, 0) is 21.4 Å². The Balaban J connectivity index is 1.44. The molecule has 0 aliphatic carbocycles. The van der Waals surface area contributed by atoms with Crippen LogP contribution >= 0.6 is 11.6 Å². The first kappa shape index (κ1) is 32.8. The van der Waals surface area contributed by atoms with Crippen LogP contribution in [0.1, 0.15) is 48.2 Å².